The average molecular weight is 358 g/mol. The maximum absolute atomic E-state index is 5.50. The van der Waals surface area contributed by atoms with Crippen molar-refractivity contribution in [3.05, 3.63) is 54.1 Å². The fourth-order valence-corrected chi connectivity index (χ4v) is 2.76. The Morgan fingerprint density at radius 2 is 1.88 bits per heavy atom. The maximum Gasteiger partial charge on any atom is 0.170 e. The number of ether oxygens (including phenoxy) is 1. The van der Waals surface area contributed by atoms with Gasteiger partial charge in [0.05, 0.1) is 6.61 Å². The van der Waals surface area contributed by atoms with Gasteiger partial charge >= 0.3 is 0 Å². The summed E-state index contributed by atoms with van der Waals surface area (Å²) in [7, 11) is 0. The zero-order chi connectivity index (χ0) is 18.1. The number of anilines is 2. The van der Waals surface area contributed by atoms with Gasteiger partial charge in [0.1, 0.15) is 5.75 Å². The highest BCUT2D eigenvalue weighted by atomic mass is 32.1. The van der Waals surface area contributed by atoms with Crippen LogP contribution in [0.3, 0.4) is 0 Å². The zero-order valence-corrected chi connectivity index (χ0v) is 16.0. The van der Waals surface area contributed by atoms with Gasteiger partial charge in [-0.15, -0.1) is 0 Å². The molecule has 2 N–H and O–H groups in total. The van der Waals surface area contributed by atoms with E-state index in [1.807, 2.05) is 31.2 Å². The van der Waals surface area contributed by atoms with Gasteiger partial charge in [-0.1, -0.05) is 23.8 Å². The van der Waals surface area contributed by atoms with Crippen LogP contribution >= 0.6 is 12.2 Å². The number of aryl methyl sites for hydroxylation is 1. The molecule has 0 bridgehead atoms. The van der Waals surface area contributed by atoms with Gasteiger partial charge < -0.3 is 20.3 Å². The lowest BCUT2D eigenvalue weighted by atomic mass is 10.2. The smallest absolute Gasteiger partial charge is 0.170 e. The second kappa shape index (κ2) is 9.89. The molecule has 2 rings (SSSR count). The van der Waals surface area contributed by atoms with E-state index >= 15 is 0 Å². The maximum atomic E-state index is 5.50. The van der Waals surface area contributed by atoms with Gasteiger partial charge in [-0.05, 0) is 57.3 Å². The third kappa shape index (κ3) is 6.27. The molecule has 0 aliphatic carbocycles. The minimum atomic E-state index is 0.619. The molecule has 0 heterocycles. The first kappa shape index (κ1) is 19.1. The van der Waals surface area contributed by atoms with Gasteiger partial charge in [-0.3, -0.25) is 0 Å². The number of hydrogen-bond acceptors (Lipinski definition) is 3. The summed E-state index contributed by atoms with van der Waals surface area (Å²) in [6.07, 6.45) is 0. The van der Waals surface area contributed by atoms with E-state index in [2.05, 4.69) is 53.6 Å². The Morgan fingerprint density at radius 1 is 1.12 bits per heavy atom. The molecule has 25 heavy (non-hydrogen) atoms. The van der Waals surface area contributed by atoms with Crippen molar-refractivity contribution in [2.75, 3.05) is 36.5 Å². The van der Waals surface area contributed by atoms with Crippen molar-refractivity contribution in [2.45, 2.75) is 20.8 Å². The molecule has 0 saturated heterocycles. The summed E-state index contributed by atoms with van der Waals surface area (Å²) < 4.78 is 5.50. The molecule has 5 heteroatoms. The lowest BCUT2D eigenvalue weighted by Crippen LogP contribution is -2.36. The van der Waals surface area contributed by atoms with Crippen LogP contribution in [0.5, 0.6) is 5.75 Å². The Balaban J connectivity index is 1.81. The second-order valence-corrected chi connectivity index (χ2v) is 6.17. The van der Waals surface area contributed by atoms with Crippen LogP contribution in [0.2, 0.25) is 0 Å². The Kier molecular flexibility index (Phi) is 7.54. The van der Waals surface area contributed by atoms with Gasteiger partial charge in [-0.2, -0.15) is 0 Å². The van der Waals surface area contributed by atoms with E-state index in [1.54, 1.807) is 0 Å². The molecule has 0 radical (unpaired) electrons. The molecule has 0 saturated carbocycles. The van der Waals surface area contributed by atoms with Crippen LogP contribution in [0.4, 0.5) is 11.4 Å². The van der Waals surface area contributed by atoms with Gasteiger partial charge in [0, 0.05) is 37.1 Å². The number of benzene rings is 2. The topological polar surface area (TPSA) is 36.5 Å². The lowest BCUT2D eigenvalue weighted by molar-refractivity contribution is 0.340. The summed E-state index contributed by atoms with van der Waals surface area (Å²) in [5, 5.41) is 7.09. The Hall–Kier alpha value is -2.27. The van der Waals surface area contributed by atoms with Crippen LogP contribution in [0.15, 0.2) is 48.5 Å². The van der Waals surface area contributed by atoms with Crippen LogP contribution < -0.4 is 20.3 Å². The standard InChI is InChI=1S/C20H27N3OS/c1-4-23(18-11-9-16(3)10-12-18)14-13-21-20(25)22-17-7-6-8-19(15-17)24-5-2/h6-12,15H,4-5,13-14H2,1-3H3,(H2,21,22,25). The summed E-state index contributed by atoms with van der Waals surface area (Å²) in [5.41, 5.74) is 3.44. The largest absolute Gasteiger partial charge is 0.494 e. The van der Waals surface area contributed by atoms with E-state index < -0.39 is 0 Å². The Labute approximate surface area is 156 Å². The SMILES string of the molecule is CCOc1cccc(NC(=S)NCCN(CC)c2ccc(C)cc2)c1. The van der Waals surface area contributed by atoms with Crippen molar-refractivity contribution in [2.24, 2.45) is 0 Å². The highest BCUT2D eigenvalue weighted by Gasteiger charge is 2.05. The van der Waals surface area contributed by atoms with Crippen LogP contribution in [-0.4, -0.2) is 31.4 Å². The fraction of sp³-hybridized carbons (Fsp3) is 0.350. The predicted molar refractivity (Wildman–Crippen MR) is 111 cm³/mol. The molecule has 134 valence electrons. The van der Waals surface area contributed by atoms with Crippen molar-refractivity contribution in [3.63, 3.8) is 0 Å². The third-order valence-electron chi connectivity index (χ3n) is 3.85. The van der Waals surface area contributed by atoms with E-state index in [4.69, 9.17) is 17.0 Å². The van der Waals surface area contributed by atoms with Gasteiger partial charge in [0.15, 0.2) is 5.11 Å². The number of nitrogens with zero attached hydrogens (tertiary/aromatic N) is 1. The van der Waals surface area contributed by atoms with Crippen LogP contribution in [-0.2, 0) is 0 Å². The second-order valence-electron chi connectivity index (χ2n) is 5.76. The minimum absolute atomic E-state index is 0.619. The molecule has 0 atom stereocenters. The van der Waals surface area contributed by atoms with Crippen molar-refractivity contribution in [1.82, 2.24) is 5.32 Å². The number of likely N-dealkylation sites (N-methyl/N-ethyl adjacent to an activating group) is 1. The lowest BCUT2D eigenvalue weighted by Gasteiger charge is -2.24. The molecule has 2 aromatic rings. The van der Waals surface area contributed by atoms with Crippen molar-refractivity contribution >= 4 is 28.7 Å². The summed E-state index contributed by atoms with van der Waals surface area (Å²) in [6, 6.07) is 16.4. The van der Waals surface area contributed by atoms with Gasteiger partial charge in [0.2, 0.25) is 0 Å². The molecular formula is C20H27N3OS. The monoisotopic (exact) mass is 357 g/mol. The van der Waals surface area contributed by atoms with E-state index in [0.717, 1.165) is 31.1 Å². The highest BCUT2D eigenvalue weighted by Crippen LogP contribution is 2.17. The molecule has 0 unspecified atom stereocenters. The van der Waals surface area contributed by atoms with Crippen LogP contribution in [0, 0.1) is 6.92 Å². The van der Waals surface area contributed by atoms with Crippen molar-refractivity contribution < 1.29 is 4.74 Å². The van der Waals surface area contributed by atoms with Crippen molar-refractivity contribution in [1.29, 1.82) is 0 Å². The van der Waals surface area contributed by atoms with E-state index in [0.29, 0.717) is 11.7 Å². The zero-order valence-electron chi connectivity index (χ0n) is 15.2. The molecule has 0 spiro atoms. The van der Waals surface area contributed by atoms with E-state index in [9.17, 15) is 0 Å². The van der Waals surface area contributed by atoms with E-state index in [-0.39, 0.29) is 0 Å². The Bertz CT molecular complexity index is 673. The van der Waals surface area contributed by atoms with Crippen LogP contribution in [0.1, 0.15) is 19.4 Å². The first-order valence-electron chi connectivity index (χ1n) is 8.71. The average Bonchev–Trinajstić information content (AvgIpc) is 2.60. The highest BCUT2D eigenvalue weighted by molar-refractivity contribution is 7.80. The van der Waals surface area contributed by atoms with Gasteiger partial charge in [-0.25, -0.2) is 0 Å². The van der Waals surface area contributed by atoms with Crippen LogP contribution in [0.25, 0.3) is 0 Å². The first-order valence-corrected chi connectivity index (χ1v) is 9.12. The van der Waals surface area contributed by atoms with E-state index in [1.165, 1.54) is 11.3 Å². The molecule has 4 nitrogen and oxygen atoms in total. The van der Waals surface area contributed by atoms with Crippen molar-refractivity contribution in [3.8, 4) is 5.75 Å². The predicted octanol–water partition coefficient (Wildman–Crippen LogP) is 4.21. The summed E-state index contributed by atoms with van der Waals surface area (Å²) in [6.45, 7) is 9.51. The molecule has 0 aromatic heterocycles. The molecule has 0 aliphatic rings. The molecule has 0 amide bonds. The number of nitrogens with one attached hydrogen (secondary N) is 2. The summed E-state index contributed by atoms with van der Waals surface area (Å²) in [4.78, 5) is 2.32. The molecule has 2 aromatic carbocycles. The third-order valence-corrected chi connectivity index (χ3v) is 4.10. The number of hydrogen-bond donors (Lipinski definition) is 2. The molecule has 0 fully saturated rings. The van der Waals surface area contributed by atoms with Gasteiger partial charge in [0.25, 0.3) is 0 Å². The summed E-state index contributed by atoms with van der Waals surface area (Å²) >= 11 is 5.38. The first-order chi connectivity index (χ1) is 12.1. The molecular weight excluding hydrogens is 330 g/mol. The molecule has 0 aliphatic heterocycles. The number of rotatable bonds is 8. The summed E-state index contributed by atoms with van der Waals surface area (Å²) in [5.74, 6) is 0.840. The quantitative estimate of drug-likeness (QED) is 0.692. The normalized spacial score (nSPS) is 10.2. The minimum Gasteiger partial charge on any atom is -0.494 e. The fourth-order valence-electron chi connectivity index (χ4n) is 2.54. The number of thiocarbonyl (C=S) groups is 1. The Morgan fingerprint density at radius 3 is 2.56 bits per heavy atom.